The molecule has 9 nitrogen and oxygen atoms in total. The maximum atomic E-state index is 13.9. The number of H-pyrrole nitrogens is 1. The largest absolute Gasteiger partial charge is 0.377 e. The summed E-state index contributed by atoms with van der Waals surface area (Å²) in [5.41, 5.74) is 4.37. The van der Waals surface area contributed by atoms with Crippen molar-refractivity contribution in [1.82, 2.24) is 19.9 Å². The predicted octanol–water partition coefficient (Wildman–Crippen LogP) is 4.45. The third kappa shape index (κ3) is 4.26. The monoisotopic (exact) mass is 559 g/mol. The summed E-state index contributed by atoms with van der Waals surface area (Å²) >= 11 is 0. The second-order valence-electron chi connectivity index (χ2n) is 11.3. The number of nitrogens with one attached hydrogen (secondary N) is 1. The summed E-state index contributed by atoms with van der Waals surface area (Å²) in [4.78, 5) is 31.7. The van der Waals surface area contributed by atoms with Gasteiger partial charge in [0, 0.05) is 46.6 Å². The van der Waals surface area contributed by atoms with Crippen molar-refractivity contribution < 1.29 is 17.9 Å². The minimum Gasteiger partial charge on any atom is -0.377 e. The Bertz CT molecular complexity index is 1760. The number of carbonyl (C=O) groups is 1. The zero-order valence-corrected chi connectivity index (χ0v) is 24.2. The van der Waals surface area contributed by atoms with Gasteiger partial charge in [-0.1, -0.05) is 18.2 Å². The minimum absolute atomic E-state index is 0.102. The molecule has 10 heteroatoms. The van der Waals surface area contributed by atoms with Gasteiger partial charge in [0.2, 0.25) is 0 Å². The molecule has 2 aliphatic heterocycles. The summed E-state index contributed by atoms with van der Waals surface area (Å²) in [5.74, 6) is 1.17. The molecule has 1 amide bonds. The number of rotatable bonds is 4. The number of nitrogens with zero attached hydrogens (tertiary/aromatic N) is 4. The molecule has 0 radical (unpaired) electrons. The molecule has 1 atom stereocenters. The van der Waals surface area contributed by atoms with E-state index in [0.717, 1.165) is 45.4 Å². The number of morpholine rings is 1. The number of aromatic nitrogens is 3. The van der Waals surface area contributed by atoms with E-state index >= 15 is 0 Å². The molecular weight excluding hydrogens is 526 g/mol. The van der Waals surface area contributed by atoms with Crippen LogP contribution in [-0.4, -0.2) is 66.2 Å². The standard InChI is InChI=1S/C30H33N5O4S/c1-18-9-10-23(22-11-12-31-25(18)22)27-32-26-24(28(33-27)34-13-14-39-17-19(34)2)16-35(30(26,3)4)29(36)20-7-6-8-21(15-20)40(5,37)38/h6-12,15,19,31H,13-14,16-17H2,1-5H3. The number of ether oxygens (including phenoxy) is 1. The van der Waals surface area contributed by atoms with E-state index in [9.17, 15) is 13.2 Å². The van der Waals surface area contributed by atoms with Crippen LogP contribution in [0.4, 0.5) is 5.82 Å². The van der Waals surface area contributed by atoms with Gasteiger partial charge in [0.05, 0.1) is 41.9 Å². The van der Waals surface area contributed by atoms with E-state index in [-0.39, 0.29) is 16.8 Å². The fourth-order valence-corrected chi connectivity index (χ4v) is 6.51. The molecule has 4 heterocycles. The van der Waals surface area contributed by atoms with Crippen molar-refractivity contribution in [1.29, 1.82) is 0 Å². The Labute approximate surface area is 234 Å². The molecule has 0 spiro atoms. The van der Waals surface area contributed by atoms with Crippen molar-refractivity contribution in [2.45, 2.75) is 50.7 Å². The fraction of sp³-hybridized carbons (Fsp3) is 0.367. The molecule has 1 unspecified atom stereocenters. The molecule has 2 aromatic heterocycles. The van der Waals surface area contributed by atoms with Crippen LogP contribution in [0.1, 0.15) is 48.0 Å². The van der Waals surface area contributed by atoms with Crippen molar-refractivity contribution in [3.8, 4) is 11.4 Å². The first-order valence-electron chi connectivity index (χ1n) is 13.4. The highest BCUT2D eigenvalue weighted by atomic mass is 32.2. The Hall–Kier alpha value is -3.76. The minimum atomic E-state index is -3.46. The Morgan fingerprint density at radius 3 is 2.70 bits per heavy atom. The number of amides is 1. The van der Waals surface area contributed by atoms with Crippen molar-refractivity contribution in [3.05, 3.63) is 71.0 Å². The van der Waals surface area contributed by atoms with Crippen LogP contribution in [0.3, 0.4) is 0 Å². The third-order valence-corrected chi connectivity index (χ3v) is 9.23. The molecule has 1 saturated heterocycles. The van der Waals surface area contributed by atoms with E-state index < -0.39 is 15.4 Å². The maximum Gasteiger partial charge on any atom is 0.254 e. The highest BCUT2D eigenvalue weighted by Gasteiger charge is 2.45. The van der Waals surface area contributed by atoms with Gasteiger partial charge in [0.15, 0.2) is 15.7 Å². The van der Waals surface area contributed by atoms with Crippen LogP contribution < -0.4 is 4.90 Å². The van der Waals surface area contributed by atoms with E-state index in [1.807, 2.05) is 26.1 Å². The topological polar surface area (TPSA) is 108 Å². The molecule has 40 heavy (non-hydrogen) atoms. The van der Waals surface area contributed by atoms with Crippen molar-refractivity contribution >= 4 is 32.5 Å². The Morgan fingerprint density at radius 1 is 1.15 bits per heavy atom. The Morgan fingerprint density at radius 2 is 1.95 bits per heavy atom. The predicted molar refractivity (Wildman–Crippen MR) is 154 cm³/mol. The normalized spacial score (nSPS) is 18.8. The van der Waals surface area contributed by atoms with Crippen LogP contribution in [0.25, 0.3) is 22.3 Å². The van der Waals surface area contributed by atoms with E-state index in [0.29, 0.717) is 37.7 Å². The molecule has 0 saturated carbocycles. The van der Waals surface area contributed by atoms with Crippen molar-refractivity contribution in [3.63, 3.8) is 0 Å². The van der Waals surface area contributed by atoms with E-state index in [1.165, 1.54) is 12.1 Å². The zero-order chi connectivity index (χ0) is 28.4. The smallest absolute Gasteiger partial charge is 0.254 e. The van der Waals surface area contributed by atoms with E-state index in [4.69, 9.17) is 14.7 Å². The van der Waals surface area contributed by atoms with Gasteiger partial charge in [-0.05, 0) is 57.5 Å². The van der Waals surface area contributed by atoms with Gasteiger partial charge in [-0.3, -0.25) is 4.79 Å². The number of anilines is 1. The average Bonchev–Trinajstić information content (AvgIpc) is 3.52. The SMILES string of the molecule is Cc1ccc(-c2nc(N3CCOCC3C)c3c(n2)C(C)(C)N(C(=O)c2cccc(S(C)(=O)=O)c2)C3)c2cc[nH]c12. The first kappa shape index (κ1) is 26.5. The van der Waals surface area contributed by atoms with Crippen LogP contribution in [-0.2, 0) is 26.7 Å². The van der Waals surface area contributed by atoms with E-state index in [2.05, 4.69) is 35.9 Å². The summed E-state index contributed by atoms with van der Waals surface area (Å²) in [6.07, 6.45) is 3.07. The molecule has 6 rings (SSSR count). The molecule has 0 aliphatic carbocycles. The average molecular weight is 560 g/mol. The second kappa shape index (κ2) is 9.42. The van der Waals surface area contributed by atoms with Crippen LogP contribution in [0.15, 0.2) is 53.6 Å². The number of sulfone groups is 1. The van der Waals surface area contributed by atoms with Gasteiger partial charge in [-0.25, -0.2) is 18.4 Å². The maximum absolute atomic E-state index is 13.9. The van der Waals surface area contributed by atoms with E-state index in [1.54, 1.807) is 17.0 Å². The molecular formula is C30H33N5O4S. The lowest BCUT2D eigenvalue weighted by Crippen LogP contribution is -2.44. The second-order valence-corrected chi connectivity index (χ2v) is 13.3. The molecule has 1 fully saturated rings. The van der Waals surface area contributed by atoms with Crippen LogP contribution in [0.5, 0.6) is 0 Å². The number of hydrogen-bond donors (Lipinski definition) is 1. The van der Waals surface area contributed by atoms with Gasteiger partial charge < -0.3 is 19.5 Å². The number of carbonyl (C=O) groups excluding carboxylic acids is 1. The lowest BCUT2D eigenvalue weighted by molar-refractivity contribution is 0.0570. The highest BCUT2D eigenvalue weighted by Crippen LogP contribution is 2.44. The summed E-state index contributed by atoms with van der Waals surface area (Å²) in [7, 11) is -3.46. The summed E-state index contributed by atoms with van der Waals surface area (Å²) in [5, 5.41) is 1.04. The highest BCUT2D eigenvalue weighted by molar-refractivity contribution is 7.90. The van der Waals surface area contributed by atoms with Gasteiger partial charge in [0.25, 0.3) is 5.91 Å². The van der Waals surface area contributed by atoms with Gasteiger partial charge >= 0.3 is 0 Å². The number of hydrogen-bond acceptors (Lipinski definition) is 7. The summed E-state index contributed by atoms with van der Waals surface area (Å²) < 4.78 is 30.1. The lowest BCUT2D eigenvalue weighted by atomic mass is 9.98. The summed E-state index contributed by atoms with van der Waals surface area (Å²) in [6.45, 7) is 10.3. The van der Waals surface area contributed by atoms with Crippen molar-refractivity contribution in [2.75, 3.05) is 30.9 Å². The third-order valence-electron chi connectivity index (χ3n) is 8.12. The fourth-order valence-electron chi connectivity index (χ4n) is 5.84. The van der Waals surface area contributed by atoms with Crippen LogP contribution in [0.2, 0.25) is 0 Å². The Kier molecular flexibility index (Phi) is 6.23. The molecule has 2 aliphatic rings. The lowest BCUT2D eigenvalue weighted by Gasteiger charge is -2.35. The van der Waals surface area contributed by atoms with Gasteiger partial charge in [0.1, 0.15) is 5.82 Å². The zero-order valence-electron chi connectivity index (χ0n) is 23.4. The number of aryl methyl sites for hydroxylation is 1. The molecule has 1 N–H and O–H groups in total. The Balaban J connectivity index is 1.51. The van der Waals surface area contributed by atoms with Crippen molar-refractivity contribution in [2.24, 2.45) is 0 Å². The van der Waals surface area contributed by atoms with Gasteiger partial charge in [-0.2, -0.15) is 0 Å². The molecule has 2 aromatic carbocycles. The number of fused-ring (bicyclic) bond motifs is 2. The number of benzene rings is 2. The summed E-state index contributed by atoms with van der Waals surface area (Å²) in [6, 6.07) is 12.5. The molecule has 208 valence electrons. The first-order chi connectivity index (χ1) is 19.0. The van der Waals surface area contributed by atoms with Crippen LogP contribution >= 0.6 is 0 Å². The quantitative estimate of drug-likeness (QED) is 0.393. The number of aromatic amines is 1. The van der Waals surface area contributed by atoms with Gasteiger partial charge in [-0.15, -0.1) is 0 Å². The first-order valence-corrected chi connectivity index (χ1v) is 15.3. The molecule has 0 bridgehead atoms. The van der Waals surface area contributed by atoms with Crippen LogP contribution in [0, 0.1) is 6.92 Å². The molecule has 4 aromatic rings.